The summed E-state index contributed by atoms with van der Waals surface area (Å²) < 4.78 is 13.6. The van der Waals surface area contributed by atoms with Crippen molar-refractivity contribution in [3.8, 4) is 11.4 Å². The van der Waals surface area contributed by atoms with Gasteiger partial charge in [0, 0.05) is 30.3 Å². The van der Waals surface area contributed by atoms with Crippen LogP contribution in [0.1, 0.15) is 30.0 Å². The molecule has 0 bridgehead atoms. The SMILES string of the molecule is CNc1cc(C2CC2)nc(-c2ccc(C)c(F)c2)n1. The topological polar surface area (TPSA) is 37.8 Å². The van der Waals surface area contributed by atoms with Gasteiger partial charge in [-0.2, -0.15) is 0 Å². The highest BCUT2D eigenvalue weighted by Crippen LogP contribution is 2.40. The molecule has 0 radical (unpaired) electrons. The van der Waals surface area contributed by atoms with Gasteiger partial charge in [-0.1, -0.05) is 12.1 Å². The molecule has 1 saturated carbocycles. The minimum atomic E-state index is -0.219. The minimum Gasteiger partial charge on any atom is -0.373 e. The van der Waals surface area contributed by atoms with Crippen molar-refractivity contribution in [2.24, 2.45) is 0 Å². The molecule has 2 aromatic rings. The number of aryl methyl sites for hydroxylation is 1. The molecule has 0 saturated heterocycles. The molecule has 0 spiro atoms. The summed E-state index contributed by atoms with van der Waals surface area (Å²) in [5, 5.41) is 3.04. The minimum absolute atomic E-state index is 0.219. The predicted octanol–water partition coefficient (Wildman–Crippen LogP) is 3.51. The summed E-state index contributed by atoms with van der Waals surface area (Å²) >= 11 is 0. The normalized spacial score (nSPS) is 14.5. The van der Waals surface area contributed by atoms with E-state index in [1.165, 1.54) is 18.9 Å². The summed E-state index contributed by atoms with van der Waals surface area (Å²) in [7, 11) is 1.83. The van der Waals surface area contributed by atoms with Crippen molar-refractivity contribution in [1.82, 2.24) is 9.97 Å². The fourth-order valence-electron chi connectivity index (χ4n) is 2.04. The van der Waals surface area contributed by atoms with Gasteiger partial charge < -0.3 is 5.32 Å². The van der Waals surface area contributed by atoms with Crippen molar-refractivity contribution in [1.29, 1.82) is 0 Å². The third-order valence-corrected chi connectivity index (χ3v) is 3.43. The summed E-state index contributed by atoms with van der Waals surface area (Å²) in [5.41, 5.74) is 2.41. The molecular weight excluding hydrogens is 241 g/mol. The van der Waals surface area contributed by atoms with E-state index in [0.29, 0.717) is 17.3 Å². The summed E-state index contributed by atoms with van der Waals surface area (Å²) in [6.07, 6.45) is 2.36. The Hall–Kier alpha value is -1.97. The highest BCUT2D eigenvalue weighted by atomic mass is 19.1. The molecule has 1 aromatic heterocycles. The van der Waals surface area contributed by atoms with Gasteiger partial charge in [-0.15, -0.1) is 0 Å². The number of anilines is 1. The smallest absolute Gasteiger partial charge is 0.161 e. The number of halogens is 1. The van der Waals surface area contributed by atoms with Gasteiger partial charge in [0.05, 0.1) is 0 Å². The molecule has 1 aliphatic carbocycles. The van der Waals surface area contributed by atoms with Crippen LogP contribution in [0.4, 0.5) is 10.2 Å². The average molecular weight is 257 g/mol. The Kier molecular flexibility index (Phi) is 2.93. The zero-order valence-electron chi connectivity index (χ0n) is 11.1. The van der Waals surface area contributed by atoms with Crippen molar-refractivity contribution in [2.75, 3.05) is 12.4 Å². The Bertz CT molecular complexity index is 621. The van der Waals surface area contributed by atoms with E-state index in [1.807, 2.05) is 19.2 Å². The van der Waals surface area contributed by atoms with Crippen molar-refractivity contribution >= 4 is 5.82 Å². The molecule has 19 heavy (non-hydrogen) atoms. The Labute approximate surface area is 111 Å². The lowest BCUT2D eigenvalue weighted by Gasteiger charge is -2.08. The quantitative estimate of drug-likeness (QED) is 0.914. The molecule has 0 aliphatic heterocycles. The first-order valence-corrected chi connectivity index (χ1v) is 6.50. The van der Waals surface area contributed by atoms with Crippen LogP contribution in [0, 0.1) is 12.7 Å². The Morgan fingerprint density at radius 3 is 2.63 bits per heavy atom. The molecule has 0 amide bonds. The van der Waals surface area contributed by atoms with E-state index in [9.17, 15) is 4.39 Å². The molecule has 1 heterocycles. The number of benzene rings is 1. The molecule has 1 fully saturated rings. The van der Waals surface area contributed by atoms with E-state index in [4.69, 9.17) is 0 Å². The van der Waals surface area contributed by atoms with Crippen molar-refractivity contribution in [3.63, 3.8) is 0 Å². The zero-order valence-corrected chi connectivity index (χ0v) is 11.1. The maximum Gasteiger partial charge on any atom is 0.161 e. The highest BCUT2D eigenvalue weighted by molar-refractivity contribution is 5.58. The second-order valence-corrected chi connectivity index (χ2v) is 4.99. The van der Waals surface area contributed by atoms with E-state index in [-0.39, 0.29) is 5.82 Å². The summed E-state index contributed by atoms with van der Waals surface area (Å²) in [5.74, 6) is 1.70. The van der Waals surface area contributed by atoms with Crippen molar-refractivity contribution in [2.45, 2.75) is 25.7 Å². The van der Waals surface area contributed by atoms with E-state index in [0.717, 1.165) is 17.1 Å². The standard InChI is InChI=1S/C15H16FN3/c1-9-3-4-11(7-12(9)16)15-18-13(10-5-6-10)8-14(17-2)19-15/h3-4,7-8,10H,5-6H2,1-2H3,(H,17,18,19). The van der Waals surface area contributed by atoms with Crippen LogP contribution < -0.4 is 5.32 Å². The molecule has 98 valence electrons. The Balaban J connectivity index is 2.07. The maximum atomic E-state index is 13.6. The second-order valence-electron chi connectivity index (χ2n) is 4.99. The van der Waals surface area contributed by atoms with E-state index >= 15 is 0 Å². The van der Waals surface area contributed by atoms with Crippen LogP contribution in [-0.2, 0) is 0 Å². The van der Waals surface area contributed by atoms with Gasteiger partial charge in [-0.3, -0.25) is 0 Å². The van der Waals surface area contributed by atoms with Crippen LogP contribution in [0.15, 0.2) is 24.3 Å². The monoisotopic (exact) mass is 257 g/mol. The number of rotatable bonds is 3. The first kappa shape index (κ1) is 12.1. The number of aromatic nitrogens is 2. The third-order valence-electron chi connectivity index (χ3n) is 3.43. The first-order valence-electron chi connectivity index (χ1n) is 6.50. The van der Waals surface area contributed by atoms with Crippen molar-refractivity contribution < 1.29 is 4.39 Å². The largest absolute Gasteiger partial charge is 0.373 e. The summed E-state index contributed by atoms with van der Waals surface area (Å²) in [6, 6.07) is 7.10. The van der Waals surface area contributed by atoms with Gasteiger partial charge in [-0.05, 0) is 31.4 Å². The summed E-state index contributed by atoms with van der Waals surface area (Å²) in [4.78, 5) is 8.98. The third kappa shape index (κ3) is 2.43. The number of hydrogen-bond donors (Lipinski definition) is 1. The Morgan fingerprint density at radius 2 is 2.00 bits per heavy atom. The van der Waals surface area contributed by atoms with Crippen LogP contribution in [0.3, 0.4) is 0 Å². The van der Waals surface area contributed by atoms with Gasteiger partial charge in [0.25, 0.3) is 0 Å². The molecule has 1 N–H and O–H groups in total. The number of hydrogen-bond acceptors (Lipinski definition) is 3. The van der Waals surface area contributed by atoms with E-state index < -0.39 is 0 Å². The first-order chi connectivity index (χ1) is 9.17. The van der Waals surface area contributed by atoms with Crippen LogP contribution in [0.5, 0.6) is 0 Å². The van der Waals surface area contributed by atoms with Gasteiger partial charge in [0.1, 0.15) is 11.6 Å². The van der Waals surface area contributed by atoms with Crippen LogP contribution >= 0.6 is 0 Å². The molecule has 1 aliphatic rings. The van der Waals surface area contributed by atoms with Gasteiger partial charge in [0.2, 0.25) is 0 Å². The zero-order chi connectivity index (χ0) is 13.4. The molecule has 0 unspecified atom stereocenters. The molecule has 3 rings (SSSR count). The number of nitrogens with one attached hydrogen (secondary N) is 1. The van der Waals surface area contributed by atoms with Gasteiger partial charge >= 0.3 is 0 Å². The average Bonchev–Trinajstić information content (AvgIpc) is 3.26. The van der Waals surface area contributed by atoms with Crippen LogP contribution in [0.25, 0.3) is 11.4 Å². The van der Waals surface area contributed by atoms with Crippen LogP contribution in [0.2, 0.25) is 0 Å². The van der Waals surface area contributed by atoms with Gasteiger partial charge in [0.15, 0.2) is 5.82 Å². The second kappa shape index (κ2) is 4.61. The van der Waals surface area contributed by atoms with Crippen molar-refractivity contribution in [3.05, 3.63) is 41.3 Å². The number of nitrogens with zero attached hydrogens (tertiary/aromatic N) is 2. The Morgan fingerprint density at radius 1 is 1.21 bits per heavy atom. The van der Waals surface area contributed by atoms with E-state index in [1.54, 1.807) is 13.0 Å². The van der Waals surface area contributed by atoms with Gasteiger partial charge in [-0.25, -0.2) is 14.4 Å². The fourth-order valence-corrected chi connectivity index (χ4v) is 2.04. The molecular formula is C15H16FN3. The molecule has 1 aromatic carbocycles. The lowest BCUT2D eigenvalue weighted by atomic mass is 10.1. The lowest BCUT2D eigenvalue weighted by molar-refractivity contribution is 0.619. The molecule has 0 atom stereocenters. The maximum absolute atomic E-state index is 13.6. The lowest BCUT2D eigenvalue weighted by Crippen LogP contribution is -2.00. The predicted molar refractivity (Wildman–Crippen MR) is 73.7 cm³/mol. The van der Waals surface area contributed by atoms with Crippen LogP contribution in [-0.4, -0.2) is 17.0 Å². The molecule has 4 heteroatoms. The van der Waals surface area contributed by atoms with E-state index in [2.05, 4.69) is 15.3 Å². The molecule has 3 nitrogen and oxygen atoms in total. The fraction of sp³-hybridized carbons (Fsp3) is 0.333. The summed E-state index contributed by atoms with van der Waals surface area (Å²) in [6.45, 7) is 1.75. The highest BCUT2D eigenvalue weighted by Gasteiger charge is 2.26.